The maximum atomic E-state index is 11.3. The largest absolute Gasteiger partial charge is 0.382 e. The molecule has 0 aliphatic carbocycles. The maximum Gasteiger partial charge on any atom is 0.219 e. The summed E-state index contributed by atoms with van der Waals surface area (Å²) >= 11 is 0. The highest BCUT2D eigenvalue weighted by molar-refractivity contribution is 5.74. The van der Waals surface area contributed by atoms with E-state index in [-0.39, 0.29) is 11.4 Å². The molecule has 84 valence electrons. The van der Waals surface area contributed by atoms with Crippen LogP contribution in [0, 0.1) is 0 Å². The molecule has 3 heteroatoms. The third kappa shape index (κ3) is 5.22. The average molecular weight is 201 g/mol. The van der Waals surface area contributed by atoms with E-state index in [0.29, 0.717) is 0 Å². The van der Waals surface area contributed by atoms with E-state index in [2.05, 4.69) is 20.8 Å². The smallest absolute Gasteiger partial charge is 0.219 e. The van der Waals surface area contributed by atoms with E-state index in [1.165, 1.54) is 0 Å². The van der Waals surface area contributed by atoms with Gasteiger partial charge in [0, 0.05) is 32.2 Å². The Morgan fingerprint density at radius 1 is 1.36 bits per heavy atom. The van der Waals surface area contributed by atoms with Gasteiger partial charge in [0.05, 0.1) is 0 Å². The van der Waals surface area contributed by atoms with Gasteiger partial charge >= 0.3 is 0 Å². The molecular weight excluding hydrogens is 178 g/mol. The predicted octanol–water partition coefficient (Wildman–Crippen LogP) is 2.06. The summed E-state index contributed by atoms with van der Waals surface area (Å²) in [6, 6.07) is 0. The van der Waals surface area contributed by atoms with Crippen molar-refractivity contribution >= 4 is 5.91 Å². The second-order valence-corrected chi connectivity index (χ2v) is 4.39. The van der Waals surface area contributed by atoms with Gasteiger partial charge in [-0.05, 0) is 34.1 Å². The molecule has 14 heavy (non-hydrogen) atoms. The standard InChI is InChI=1S/C11H23NO2/c1-6-14-9-7-8-12(10(2)13)11(3,4)5/h6-9H2,1-5H3. The molecule has 1 amide bonds. The Hall–Kier alpha value is -0.570. The van der Waals surface area contributed by atoms with Crippen molar-refractivity contribution in [1.82, 2.24) is 4.90 Å². The van der Waals surface area contributed by atoms with Crippen molar-refractivity contribution in [1.29, 1.82) is 0 Å². The van der Waals surface area contributed by atoms with Crippen LogP contribution in [0.2, 0.25) is 0 Å². The Kier molecular flexibility index (Phi) is 5.77. The third-order valence-electron chi connectivity index (χ3n) is 2.06. The van der Waals surface area contributed by atoms with E-state index in [0.717, 1.165) is 26.2 Å². The molecule has 0 bridgehead atoms. The predicted molar refractivity (Wildman–Crippen MR) is 58.3 cm³/mol. The molecule has 0 aliphatic rings. The van der Waals surface area contributed by atoms with Gasteiger partial charge in [-0.1, -0.05) is 0 Å². The number of hydrogen-bond acceptors (Lipinski definition) is 2. The van der Waals surface area contributed by atoms with Crippen LogP contribution in [0.15, 0.2) is 0 Å². The molecule has 0 atom stereocenters. The minimum atomic E-state index is -0.0853. The maximum absolute atomic E-state index is 11.3. The summed E-state index contributed by atoms with van der Waals surface area (Å²) in [6.45, 7) is 12.0. The van der Waals surface area contributed by atoms with E-state index in [4.69, 9.17) is 4.74 Å². The van der Waals surface area contributed by atoms with Gasteiger partial charge in [0.25, 0.3) is 0 Å². The van der Waals surface area contributed by atoms with Gasteiger partial charge in [0.1, 0.15) is 0 Å². The molecule has 0 aliphatic heterocycles. The first-order valence-corrected chi connectivity index (χ1v) is 5.25. The number of carbonyl (C=O) groups is 1. The summed E-state index contributed by atoms with van der Waals surface area (Å²) < 4.78 is 5.24. The van der Waals surface area contributed by atoms with Crippen molar-refractivity contribution in [3.63, 3.8) is 0 Å². The summed E-state index contributed by atoms with van der Waals surface area (Å²) in [7, 11) is 0. The first kappa shape index (κ1) is 13.4. The normalized spacial score (nSPS) is 11.5. The van der Waals surface area contributed by atoms with Crippen LogP contribution < -0.4 is 0 Å². The van der Waals surface area contributed by atoms with Gasteiger partial charge in [0.15, 0.2) is 0 Å². The summed E-state index contributed by atoms with van der Waals surface area (Å²) in [5, 5.41) is 0. The van der Waals surface area contributed by atoms with Crippen molar-refractivity contribution in [2.24, 2.45) is 0 Å². The number of amides is 1. The van der Waals surface area contributed by atoms with Crippen LogP contribution >= 0.6 is 0 Å². The third-order valence-corrected chi connectivity index (χ3v) is 2.06. The number of hydrogen-bond donors (Lipinski definition) is 0. The highest BCUT2D eigenvalue weighted by Gasteiger charge is 2.22. The van der Waals surface area contributed by atoms with E-state index < -0.39 is 0 Å². The molecular formula is C11H23NO2. The van der Waals surface area contributed by atoms with Crippen molar-refractivity contribution in [3.8, 4) is 0 Å². The molecule has 0 aromatic rings. The number of carbonyl (C=O) groups excluding carboxylic acids is 1. The molecule has 0 spiro atoms. The van der Waals surface area contributed by atoms with Crippen LogP contribution in [0.25, 0.3) is 0 Å². The van der Waals surface area contributed by atoms with Crippen LogP contribution in [-0.4, -0.2) is 36.1 Å². The molecule has 3 nitrogen and oxygen atoms in total. The van der Waals surface area contributed by atoms with Crippen molar-refractivity contribution < 1.29 is 9.53 Å². The monoisotopic (exact) mass is 201 g/mol. The Labute approximate surface area is 87.4 Å². The van der Waals surface area contributed by atoms with Crippen molar-refractivity contribution in [3.05, 3.63) is 0 Å². The van der Waals surface area contributed by atoms with E-state index in [9.17, 15) is 4.79 Å². The second-order valence-electron chi connectivity index (χ2n) is 4.39. The van der Waals surface area contributed by atoms with Crippen LogP contribution in [0.4, 0.5) is 0 Å². The lowest BCUT2D eigenvalue weighted by molar-refractivity contribution is -0.133. The van der Waals surface area contributed by atoms with Gasteiger partial charge in [-0.25, -0.2) is 0 Å². The Balaban J connectivity index is 3.94. The zero-order chi connectivity index (χ0) is 11.2. The van der Waals surface area contributed by atoms with Crippen LogP contribution in [0.5, 0.6) is 0 Å². The van der Waals surface area contributed by atoms with Gasteiger partial charge in [-0.3, -0.25) is 4.79 Å². The highest BCUT2D eigenvalue weighted by Crippen LogP contribution is 2.13. The van der Waals surface area contributed by atoms with Gasteiger partial charge in [0.2, 0.25) is 5.91 Å². The molecule has 0 fully saturated rings. The van der Waals surface area contributed by atoms with Gasteiger partial charge < -0.3 is 9.64 Å². The zero-order valence-electron chi connectivity index (χ0n) is 10.1. The fourth-order valence-electron chi connectivity index (χ4n) is 1.43. The molecule has 0 heterocycles. The Bertz CT molecular complexity index is 173. The minimum Gasteiger partial charge on any atom is -0.382 e. The van der Waals surface area contributed by atoms with Crippen LogP contribution in [0.3, 0.4) is 0 Å². The lowest BCUT2D eigenvalue weighted by Gasteiger charge is -2.35. The highest BCUT2D eigenvalue weighted by atomic mass is 16.5. The zero-order valence-corrected chi connectivity index (χ0v) is 10.1. The van der Waals surface area contributed by atoms with Crippen LogP contribution in [-0.2, 0) is 9.53 Å². The van der Waals surface area contributed by atoms with Gasteiger partial charge in [-0.2, -0.15) is 0 Å². The molecule has 0 N–H and O–H groups in total. The topological polar surface area (TPSA) is 29.5 Å². The second kappa shape index (κ2) is 6.02. The molecule has 0 aromatic heterocycles. The van der Waals surface area contributed by atoms with E-state index >= 15 is 0 Å². The quantitative estimate of drug-likeness (QED) is 0.637. The first-order valence-electron chi connectivity index (χ1n) is 5.25. The Morgan fingerprint density at radius 3 is 2.29 bits per heavy atom. The SMILES string of the molecule is CCOCCCN(C(C)=O)C(C)(C)C. The molecule has 0 rings (SSSR count). The summed E-state index contributed by atoms with van der Waals surface area (Å²) in [4.78, 5) is 13.2. The van der Waals surface area contributed by atoms with E-state index in [1.807, 2.05) is 11.8 Å². The summed E-state index contributed by atoms with van der Waals surface area (Å²) in [5.41, 5.74) is -0.0853. The molecule has 0 saturated carbocycles. The fourth-order valence-corrected chi connectivity index (χ4v) is 1.43. The van der Waals surface area contributed by atoms with E-state index in [1.54, 1.807) is 6.92 Å². The lowest BCUT2D eigenvalue weighted by Crippen LogP contribution is -2.45. The molecule has 0 saturated heterocycles. The minimum absolute atomic E-state index is 0.0853. The summed E-state index contributed by atoms with van der Waals surface area (Å²) in [5.74, 6) is 0.133. The van der Waals surface area contributed by atoms with Gasteiger partial charge in [-0.15, -0.1) is 0 Å². The number of nitrogens with zero attached hydrogens (tertiary/aromatic N) is 1. The summed E-state index contributed by atoms with van der Waals surface area (Å²) in [6.07, 6.45) is 0.907. The van der Waals surface area contributed by atoms with Crippen molar-refractivity contribution in [2.75, 3.05) is 19.8 Å². The Morgan fingerprint density at radius 2 is 1.93 bits per heavy atom. The van der Waals surface area contributed by atoms with Crippen LogP contribution in [0.1, 0.15) is 41.0 Å². The first-order chi connectivity index (χ1) is 6.39. The fraction of sp³-hybridized carbons (Fsp3) is 0.909. The molecule has 0 aromatic carbocycles. The van der Waals surface area contributed by atoms with Crippen molar-refractivity contribution in [2.45, 2.75) is 46.6 Å². The lowest BCUT2D eigenvalue weighted by atomic mass is 10.1. The molecule has 0 radical (unpaired) electrons. The number of rotatable bonds is 5. The molecule has 0 unspecified atom stereocenters. The average Bonchev–Trinajstić information content (AvgIpc) is 2.01. The number of ether oxygens (including phenoxy) is 1.